The lowest BCUT2D eigenvalue weighted by atomic mass is 10.2. The Morgan fingerprint density at radius 3 is 3.00 bits per heavy atom. The Morgan fingerprint density at radius 1 is 1.54 bits per heavy atom. The summed E-state index contributed by atoms with van der Waals surface area (Å²) in [5.74, 6) is -0.322. The first-order chi connectivity index (χ1) is 6.20. The molecule has 0 radical (unpaired) electrons. The quantitative estimate of drug-likeness (QED) is 0.558. The smallest absolute Gasteiger partial charge is 0.320 e. The fourth-order valence-electron chi connectivity index (χ4n) is 1.11. The van der Waals surface area contributed by atoms with Crippen LogP contribution in [0.1, 0.15) is 0 Å². The minimum atomic E-state index is -0.605. The first-order valence-corrected chi connectivity index (χ1v) is 4.24. The second-order valence-corrected chi connectivity index (χ2v) is 3.07. The van der Waals surface area contributed by atoms with Crippen molar-refractivity contribution in [2.75, 3.05) is 0 Å². The van der Waals surface area contributed by atoms with Crippen LogP contribution in [0.15, 0.2) is 17.5 Å². The van der Waals surface area contributed by atoms with E-state index in [9.17, 15) is 15.2 Å². The number of fused-ring (bicyclic) bond motifs is 1. The van der Waals surface area contributed by atoms with Crippen LogP contribution in [0.25, 0.3) is 10.9 Å². The number of hydrogen-bond donors (Lipinski definition) is 1. The van der Waals surface area contributed by atoms with Gasteiger partial charge in [0.15, 0.2) is 5.75 Å². The van der Waals surface area contributed by atoms with E-state index in [-0.39, 0.29) is 11.4 Å². The Kier molecular flexibility index (Phi) is 1.63. The van der Waals surface area contributed by atoms with E-state index in [0.29, 0.717) is 10.9 Å². The summed E-state index contributed by atoms with van der Waals surface area (Å²) >= 11 is 1.13. The topological polar surface area (TPSA) is 76.3 Å². The monoisotopic (exact) mass is 196 g/mol. The molecule has 0 aliphatic rings. The van der Waals surface area contributed by atoms with Crippen LogP contribution in [0, 0.1) is 10.1 Å². The van der Waals surface area contributed by atoms with Crippen LogP contribution in [0.4, 0.5) is 5.69 Å². The third kappa shape index (κ3) is 1.11. The van der Waals surface area contributed by atoms with Gasteiger partial charge in [0.2, 0.25) is 0 Å². The van der Waals surface area contributed by atoms with Gasteiger partial charge in [0.25, 0.3) is 0 Å². The third-order valence-electron chi connectivity index (χ3n) is 1.68. The summed E-state index contributed by atoms with van der Waals surface area (Å²) in [5.41, 5.74) is 0.265. The van der Waals surface area contributed by atoms with Gasteiger partial charge in [0.1, 0.15) is 0 Å². The normalized spacial score (nSPS) is 10.5. The van der Waals surface area contributed by atoms with Crippen molar-refractivity contribution in [1.82, 2.24) is 4.37 Å². The number of benzene rings is 1. The summed E-state index contributed by atoms with van der Waals surface area (Å²) < 4.78 is 3.93. The van der Waals surface area contributed by atoms with Crippen molar-refractivity contribution in [3.63, 3.8) is 0 Å². The summed E-state index contributed by atoms with van der Waals surface area (Å²) in [7, 11) is 0. The highest BCUT2D eigenvalue weighted by molar-refractivity contribution is 7.04. The zero-order valence-corrected chi connectivity index (χ0v) is 7.11. The van der Waals surface area contributed by atoms with Crippen molar-refractivity contribution in [3.05, 3.63) is 27.6 Å². The van der Waals surface area contributed by atoms with E-state index in [1.165, 1.54) is 6.07 Å². The van der Waals surface area contributed by atoms with Gasteiger partial charge in [-0.3, -0.25) is 10.1 Å². The summed E-state index contributed by atoms with van der Waals surface area (Å²) in [5, 5.41) is 21.7. The molecule has 1 heterocycles. The van der Waals surface area contributed by atoms with Gasteiger partial charge >= 0.3 is 5.69 Å². The van der Waals surface area contributed by atoms with E-state index in [2.05, 4.69) is 4.37 Å². The average Bonchev–Trinajstić information content (AvgIpc) is 2.50. The second kappa shape index (κ2) is 2.67. The molecule has 1 aromatic heterocycles. The Balaban J connectivity index is 2.88. The van der Waals surface area contributed by atoms with E-state index < -0.39 is 4.92 Å². The predicted octanol–water partition coefficient (Wildman–Crippen LogP) is 1.91. The van der Waals surface area contributed by atoms with Crippen molar-refractivity contribution in [2.45, 2.75) is 0 Å². The van der Waals surface area contributed by atoms with Gasteiger partial charge in [-0.25, -0.2) is 0 Å². The summed E-state index contributed by atoms with van der Waals surface area (Å²) in [6, 6.07) is 2.83. The lowest BCUT2D eigenvalue weighted by Crippen LogP contribution is -1.88. The molecule has 66 valence electrons. The molecule has 2 aromatic rings. The molecule has 6 heteroatoms. The van der Waals surface area contributed by atoms with Crippen LogP contribution >= 0.6 is 11.5 Å². The maximum atomic E-state index is 10.6. The fourth-order valence-corrected chi connectivity index (χ4v) is 1.77. The van der Waals surface area contributed by atoms with Gasteiger partial charge in [0.05, 0.1) is 15.8 Å². The van der Waals surface area contributed by atoms with Crippen LogP contribution in [-0.2, 0) is 0 Å². The minimum Gasteiger partial charge on any atom is -0.502 e. The molecule has 0 aliphatic carbocycles. The molecule has 0 unspecified atom stereocenters. The molecule has 0 fully saturated rings. The Bertz CT molecular complexity index is 480. The number of phenols is 1. The average molecular weight is 196 g/mol. The van der Waals surface area contributed by atoms with Crippen LogP contribution < -0.4 is 0 Å². The molecular formula is C7H4N2O3S. The molecule has 0 atom stereocenters. The zero-order chi connectivity index (χ0) is 9.42. The van der Waals surface area contributed by atoms with Gasteiger partial charge in [-0.1, -0.05) is 0 Å². The number of phenolic OH excluding ortho intramolecular Hbond substituents is 1. The van der Waals surface area contributed by atoms with Crippen molar-refractivity contribution >= 4 is 28.1 Å². The highest BCUT2D eigenvalue weighted by Crippen LogP contribution is 2.34. The first kappa shape index (κ1) is 7.93. The molecule has 0 spiro atoms. The van der Waals surface area contributed by atoms with E-state index in [4.69, 9.17) is 0 Å². The molecule has 0 amide bonds. The third-order valence-corrected chi connectivity index (χ3v) is 2.32. The number of nitro groups is 1. The molecule has 0 bridgehead atoms. The van der Waals surface area contributed by atoms with Crippen molar-refractivity contribution < 1.29 is 10.0 Å². The summed E-state index contributed by atoms with van der Waals surface area (Å²) in [6.07, 6.45) is 0. The molecule has 1 N–H and O–H groups in total. The number of nitro benzene ring substituents is 1. The van der Waals surface area contributed by atoms with Gasteiger partial charge in [-0.15, -0.1) is 0 Å². The van der Waals surface area contributed by atoms with Crippen LogP contribution in [0.2, 0.25) is 0 Å². The zero-order valence-electron chi connectivity index (χ0n) is 6.30. The van der Waals surface area contributed by atoms with E-state index in [1.807, 2.05) is 0 Å². The fraction of sp³-hybridized carbons (Fsp3) is 0. The molecule has 13 heavy (non-hydrogen) atoms. The van der Waals surface area contributed by atoms with Gasteiger partial charge in [0, 0.05) is 5.38 Å². The molecule has 0 saturated heterocycles. The molecule has 1 aromatic carbocycles. The Labute approximate surface area is 76.6 Å². The molecule has 2 rings (SSSR count). The Hall–Kier alpha value is -1.69. The van der Waals surface area contributed by atoms with E-state index >= 15 is 0 Å². The van der Waals surface area contributed by atoms with Gasteiger partial charge in [-0.05, 0) is 23.7 Å². The number of aromatic hydroxyl groups is 1. The molecule has 0 aliphatic heterocycles. The summed E-state index contributed by atoms with van der Waals surface area (Å²) in [4.78, 5) is 9.95. The minimum absolute atomic E-state index is 0.272. The van der Waals surface area contributed by atoms with Crippen molar-refractivity contribution in [2.24, 2.45) is 0 Å². The SMILES string of the molecule is O=[N+]([O-])c1c(O)ccc2nscc12. The van der Waals surface area contributed by atoms with Gasteiger partial charge < -0.3 is 5.11 Å². The number of nitrogens with zero attached hydrogens (tertiary/aromatic N) is 2. The maximum Gasteiger partial charge on any atom is 0.320 e. The number of aromatic nitrogens is 1. The van der Waals surface area contributed by atoms with Crippen LogP contribution in [0.5, 0.6) is 5.75 Å². The van der Waals surface area contributed by atoms with Crippen LogP contribution in [0.3, 0.4) is 0 Å². The molecule has 0 saturated carbocycles. The van der Waals surface area contributed by atoms with Crippen molar-refractivity contribution in [1.29, 1.82) is 0 Å². The number of rotatable bonds is 1. The van der Waals surface area contributed by atoms with E-state index in [1.54, 1.807) is 11.4 Å². The summed E-state index contributed by atoms with van der Waals surface area (Å²) in [6.45, 7) is 0. The highest BCUT2D eigenvalue weighted by Gasteiger charge is 2.18. The predicted molar refractivity (Wildman–Crippen MR) is 47.9 cm³/mol. The first-order valence-electron chi connectivity index (χ1n) is 3.40. The van der Waals surface area contributed by atoms with Crippen LogP contribution in [-0.4, -0.2) is 14.4 Å². The largest absolute Gasteiger partial charge is 0.502 e. The molecular weight excluding hydrogens is 192 g/mol. The highest BCUT2D eigenvalue weighted by atomic mass is 32.1. The standard InChI is InChI=1S/C7H4N2O3S/c10-6-2-1-5-4(3-13-8-5)7(6)9(11)12/h1-3,10H. The lowest BCUT2D eigenvalue weighted by molar-refractivity contribution is -0.384. The van der Waals surface area contributed by atoms with E-state index in [0.717, 1.165) is 11.5 Å². The van der Waals surface area contributed by atoms with Gasteiger partial charge in [-0.2, -0.15) is 4.37 Å². The number of hydrogen-bond acceptors (Lipinski definition) is 5. The Morgan fingerprint density at radius 2 is 2.31 bits per heavy atom. The van der Waals surface area contributed by atoms with Crippen molar-refractivity contribution in [3.8, 4) is 5.75 Å². The maximum absolute atomic E-state index is 10.6. The second-order valence-electron chi connectivity index (χ2n) is 2.44. The lowest BCUT2D eigenvalue weighted by Gasteiger charge is -1.95. The molecule has 5 nitrogen and oxygen atoms in total.